The average Bonchev–Trinajstić information content (AvgIpc) is 2.80. The SMILES string of the molecule is CC(C)c1nc(COc2cccc(Cl)c2)sc1C#N. The lowest BCUT2D eigenvalue weighted by Crippen LogP contribution is -1.96. The van der Waals surface area contributed by atoms with Gasteiger partial charge in [-0.1, -0.05) is 31.5 Å². The van der Waals surface area contributed by atoms with E-state index >= 15 is 0 Å². The highest BCUT2D eigenvalue weighted by atomic mass is 35.5. The van der Waals surface area contributed by atoms with Crippen molar-refractivity contribution >= 4 is 22.9 Å². The van der Waals surface area contributed by atoms with E-state index < -0.39 is 0 Å². The summed E-state index contributed by atoms with van der Waals surface area (Å²) in [5, 5.41) is 10.5. The van der Waals surface area contributed by atoms with Crippen molar-refractivity contribution in [1.29, 1.82) is 5.26 Å². The summed E-state index contributed by atoms with van der Waals surface area (Å²) in [6.07, 6.45) is 0. The molecule has 0 unspecified atom stereocenters. The molecule has 0 aliphatic rings. The summed E-state index contributed by atoms with van der Waals surface area (Å²) in [6, 6.07) is 9.41. The van der Waals surface area contributed by atoms with Crippen LogP contribution in [0.3, 0.4) is 0 Å². The van der Waals surface area contributed by atoms with Crippen LogP contribution in [0.4, 0.5) is 0 Å². The van der Waals surface area contributed by atoms with Gasteiger partial charge in [0.25, 0.3) is 0 Å². The Morgan fingerprint density at radius 3 is 2.84 bits per heavy atom. The number of nitriles is 1. The molecule has 1 aromatic carbocycles. The van der Waals surface area contributed by atoms with Crippen LogP contribution < -0.4 is 4.74 Å². The number of nitrogens with zero attached hydrogens (tertiary/aromatic N) is 2. The number of ether oxygens (including phenoxy) is 1. The molecule has 0 saturated heterocycles. The smallest absolute Gasteiger partial charge is 0.140 e. The Morgan fingerprint density at radius 2 is 2.26 bits per heavy atom. The lowest BCUT2D eigenvalue weighted by atomic mass is 10.1. The maximum absolute atomic E-state index is 9.06. The Hall–Kier alpha value is -1.57. The summed E-state index contributed by atoms with van der Waals surface area (Å²) in [5.41, 5.74) is 0.845. The topological polar surface area (TPSA) is 45.9 Å². The van der Waals surface area contributed by atoms with Crippen molar-refractivity contribution in [1.82, 2.24) is 4.98 Å². The molecule has 3 nitrogen and oxygen atoms in total. The number of thiazole rings is 1. The van der Waals surface area contributed by atoms with Crippen LogP contribution in [0.1, 0.15) is 35.3 Å². The van der Waals surface area contributed by atoms with Gasteiger partial charge in [0.05, 0.1) is 5.69 Å². The maximum Gasteiger partial charge on any atom is 0.140 e. The molecule has 0 radical (unpaired) electrons. The van der Waals surface area contributed by atoms with Gasteiger partial charge in [0.1, 0.15) is 28.3 Å². The van der Waals surface area contributed by atoms with Gasteiger partial charge >= 0.3 is 0 Å². The molecule has 0 N–H and O–H groups in total. The standard InChI is InChI=1S/C14H13ClN2OS/c1-9(2)14-12(7-16)19-13(17-14)8-18-11-5-3-4-10(15)6-11/h3-6,9H,8H2,1-2H3. The Labute approximate surface area is 121 Å². The zero-order chi connectivity index (χ0) is 13.8. The largest absolute Gasteiger partial charge is 0.486 e. The highest BCUT2D eigenvalue weighted by Gasteiger charge is 2.14. The molecule has 0 aliphatic carbocycles. The van der Waals surface area contributed by atoms with Crippen molar-refractivity contribution in [3.05, 3.63) is 44.9 Å². The van der Waals surface area contributed by atoms with Crippen LogP contribution in [-0.4, -0.2) is 4.98 Å². The molecule has 0 amide bonds. The van der Waals surface area contributed by atoms with Gasteiger partial charge < -0.3 is 4.74 Å². The molecule has 2 aromatic rings. The van der Waals surface area contributed by atoms with Crippen LogP contribution in [-0.2, 0) is 6.61 Å². The fourth-order valence-electron chi connectivity index (χ4n) is 1.61. The molecule has 0 fully saturated rings. The van der Waals surface area contributed by atoms with Gasteiger partial charge in [-0.25, -0.2) is 4.98 Å². The molecule has 1 aromatic heterocycles. The molecule has 0 bridgehead atoms. The Kier molecular flexibility index (Phi) is 4.41. The molecular weight excluding hydrogens is 280 g/mol. The summed E-state index contributed by atoms with van der Waals surface area (Å²) in [4.78, 5) is 5.12. The lowest BCUT2D eigenvalue weighted by Gasteiger charge is -2.03. The number of hydrogen-bond acceptors (Lipinski definition) is 4. The summed E-state index contributed by atoms with van der Waals surface area (Å²) < 4.78 is 5.62. The molecule has 0 saturated carbocycles. The second-order valence-corrected chi connectivity index (χ2v) is 5.85. The van der Waals surface area contributed by atoms with Crippen LogP contribution in [0.25, 0.3) is 0 Å². The molecule has 2 rings (SSSR count). The molecule has 5 heteroatoms. The summed E-state index contributed by atoms with van der Waals surface area (Å²) in [7, 11) is 0. The van der Waals surface area contributed by atoms with Crippen molar-refractivity contribution in [2.24, 2.45) is 0 Å². The normalized spacial score (nSPS) is 10.5. The van der Waals surface area contributed by atoms with Crippen LogP contribution >= 0.6 is 22.9 Å². The number of halogens is 1. The number of hydrogen-bond donors (Lipinski definition) is 0. The van der Waals surface area contributed by atoms with E-state index in [1.165, 1.54) is 11.3 Å². The Balaban J connectivity index is 2.10. The zero-order valence-electron chi connectivity index (χ0n) is 10.7. The number of rotatable bonds is 4. The van der Waals surface area contributed by atoms with Crippen molar-refractivity contribution < 1.29 is 4.74 Å². The predicted molar refractivity (Wildman–Crippen MR) is 76.7 cm³/mol. The van der Waals surface area contributed by atoms with E-state index in [2.05, 4.69) is 11.1 Å². The van der Waals surface area contributed by atoms with Gasteiger partial charge in [0.2, 0.25) is 0 Å². The van der Waals surface area contributed by atoms with Gasteiger partial charge in [-0.3, -0.25) is 0 Å². The van der Waals surface area contributed by atoms with Crippen LogP contribution in [0.5, 0.6) is 5.75 Å². The molecule has 19 heavy (non-hydrogen) atoms. The minimum atomic E-state index is 0.241. The van der Waals surface area contributed by atoms with Crippen LogP contribution in [0, 0.1) is 11.3 Å². The highest BCUT2D eigenvalue weighted by molar-refractivity contribution is 7.12. The van der Waals surface area contributed by atoms with Crippen LogP contribution in [0.2, 0.25) is 5.02 Å². The maximum atomic E-state index is 9.06. The Bertz CT molecular complexity index is 616. The molecule has 0 spiro atoms. The minimum absolute atomic E-state index is 0.241. The fourth-order valence-corrected chi connectivity index (χ4v) is 2.72. The second kappa shape index (κ2) is 6.05. The van der Waals surface area contributed by atoms with E-state index in [-0.39, 0.29) is 5.92 Å². The molecule has 0 aliphatic heterocycles. The molecule has 98 valence electrons. The Morgan fingerprint density at radius 1 is 1.47 bits per heavy atom. The third kappa shape index (κ3) is 3.46. The number of aromatic nitrogens is 1. The van der Waals surface area contributed by atoms with Gasteiger partial charge in [-0.15, -0.1) is 11.3 Å². The van der Waals surface area contributed by atoms with Gasteiger partial charge in [-0.05, 0) is 24.1 Å². The zero-order valence-corrected chi connectivity index (χ0v) is 12.3. The predicted octanol–water partition coefficient (Wildman–Crippen LogP) is 4.37. The van der Waals surface area contributed by atoms with Gasteiger partial charge in [0.15, 0.2) is 0 Å². The van der Waals surface area contributed by atoms with Crippen molar-refractivity contribution in [2.75, 3.05) is 0 Å². The van der Waals surface area contributed by atoms with Crippen molar-refractivity contribution in [3.8, 4) is 11.8 Å². The highest BCUT2D eigenvalue weighted by Crippen LogP contribution is 2.25. The first-order valence-corrected chi connectivity index (χ1v) is 7.07. The lowest BCUT2D eigenvalue weighted by molar-refractivity contribution is 0.305. The summed E-state index contributed by atoms with van der Waals surface area (Å²) in [6.45, 7) is 4.40. The third-order valence-corrected chi connectivity index (χ3v) is 3.69. The van der Waals surface area contributed by atoms with E-state index in [9.17, 15) is 0 Å². The first-order valence-electron chi connectivity index (χ1n) is 5.88. The second-order valence-electron chi connectivity index (χ2n) is 4.33. The van der Waals surface area contributed by atoms with Gasteiger partial charge in [0, 0.05) is 5.02 Å². The van der Waals surface area contributed by atoms with Gasteiger partial charge in [-0.2, -0.15) is 5.26 Å². The minimum Gasteiger partial charge on any atom is -0.486 e. The third-order valence-electron chi connectivity index (χ3n) is 2.50. The van der Waals surface area contributed by atoms with E-state index in [1.807, 2.05) is 26.0 Å². The van der Waals surface area contributed by atoms with Crippen molar-refractivity contribution in [2.45, 2.75) is 26.4 Å². The van der Waals surface area contributed by atoms with E-state index in [0.717, 1.165) is 10.7 Å². The monoisotopic (exact) mass is 292 g/mol. The first-order chi connectivity index (χ1) is 9.10. The van der Waals surface area contributed by atoms with Crippen LogP contribution in [0.15, 0.2) is 24.3 Å². The van der Waals surface area contributed by atoms with Crippen molar-refractivity contribution in [3.63, 3.8) is 0 Å². The first kappa shape index (κ1) is 13.9. The molecule has 0 atom stereocenters. The molecular formula is C14H13ClN2OS. The average molecular weight is 293 g/mol. The van der Waals surface area contributed by atoms with E-state index in [1.54, 1.807) is 12.1 Å². The summed E-state index contributed by atoms with van der Waals surface area (Å²) in [5.74, 6) is 0.943. The number of benzene rings is 1. The summed E-state index contributed by atoms with van der Waals surface area (Å²) >= 11 is 7.26. The molecule has 1 heterocycles. The quantitative estimate of drug-likeness (QED) is 0.840. The fraction of sp³-hybridized carbons (Fsp3) is 0.286. The van der Waals surface area contributed by atoms with E-state index in [0.29, 0.717) is 22.3 Å². The van der Waals surface area contributed by atoms with E-state index in [4.69, 9.17) is 21.6 Å².